The second kappa shape index (κ2) is 8.48. The van der Waals surface area contributed by atoms with Gasteiger partial charge in [0, 0.05) is 28.7 Å². The Bertz CT molecular complexity index is 1080. The van der Waals surface area contributed by atoms with Crippen molar-refractivity contribution in [2.45, 2.75) is 13.8 Å². The van der Waals surface area contributed by atoms with E-state index in [9.17, 15) is 9.59 Å². The molecule has 0 fully saturated rings. The number of hydrogen-bond donors (Lipinski definition) is 2. The molecule has 3 aromatic rings. The molecular weight excluding hydrogens is 366 g/mol. The molecule has 0 saturated carbocycles. The van der Waals surface area contributed by atoms with E-state index >= 15 is 0 Å². The third-order valence-electron chi connectivity index (χ3n) is 4.64. The van der Waals surface area contributed by atoms with Crippen molar-refractivity contribution in [2.75, 3.05) is 12.4 Å². The lowest BCUT2D eigenvalue weighted by Crippen LogP contribution is -2.13. The van der Waals surface area contributed by atoms with Gasteiger partial charge in [0.1, 0.15) is 5.75 Å². The molecule has 6 nitrogen and oxygen atoms in total. The molecule has 0 aliphatic heterocycles. The molecule has 6 heteroatoms. The molecule has 0 bridgehead atoms. The number of ether oxygens (including phenoxy) is 1. The number of carbonyl (C=O) groups is 2. The summed E-state index contributed by atoms with van der Waals surface area (Å²) < 4.78 is 7.37. The highest BCUT2D eigenvalue weighted by Gasteiger charge is 2.11. The van der Waals surface area contributed by atoms with Gasteiger partial charge in [-0.2, -0.15) is 0 Å². The van der Waals surface area contributed by atoms with Crippen molar-refractivity contribution in [1.29, 1.82) is 0 Å². The molecule has 1 aromatic heterocycles. The summed E-state index contributed by atoms with van der Waals surface area (Å²) in [5.74, 6) is -0.472. The van der Waals surface area contributed by atoms with Crippen LogP contribution in [0.15, 0.2) is 60.7 Å². The Labute approximate surface area is 169 Å². The number of nitrogens with two attached hydrogens (primary N) is 1. The molecule has 0 saturated heterocycles. The van der Waals surface area contributed by atoms with E-state index in [1.54, 1.807) is 18.2 Å². The quantitative estimate of drug-likeness (QED) is 0.628. The third-order valence-corrected chi connectivity index (χ3v) is 4.64. The highest BCUT2D eigenvalue weighted by atomic mass is 16.5. The normalized spacial score (nSPS) is 10.9. The standard InChI is InChI=1S/C23H23N3O3/c1-15-13-17(16(2)26(15)19-7-5-4-6-8-19)10-12-22(27)25-20-14-18(23(24)28)9-11-21(20)29-3/h4-14H,1-3H3,(H2,24,28)(H,25,27)/b12-10+. The summed E-state index contributed by atoms with van der Waals surface area (Å²) in [6.45, 7) is 4.04. The third kappa shape index (κ3) is 4.38. The molecule has 148 valence electrons. The van der Waals surface area contributed by atoms with E-state index in [4.69, 9.17) is 10.5 Å². The SMILES string of the molecule is COc1ccc(C(N)=O)cc1NC(=O)/C=C/c1cc(C)n(-c2ccccc2)c1C. The zero-order valence-corrected chi connectivity index (χ0v) is 16.6. The van der Waals surface area contributed by atoms with Gasteiger partial charge >= 0.3 is 0 Å². The number of aromatic nitrogens is 1. The summed E-state index contributed by atoms with van der Waals surface area (Å²) >= 11 is 0. The van der Waals surface area contributed by atoms with Gasteiger partial charge < -0.3 is 20.4 Å². The Morgan fingerprint density at radius 1 is 1.07 bits per heavy atom. The van der Waals surface area contributed by atoms with Crippen LogP contribution in [0, 0.1) is 13.8 Å². The number of benzene rings is 2. The monoisotopic (exact) mass is 389 g/mol. The first-order chi connectivity index (χ1) is 13.9. The molecule has 3 rings (SSSR count). The Morgan fingerprint density at radius 3 is 2.45 bits per heavy atom. The molecule has 0 aliphatic rings. The van der Waals surface area contributed by atoms with E-state index in [1.165, 1.54) is 19.3 Å². The first kappa shape index (κ1) is 19.9. The fraction of sp³-hybridized carbons (Fsp3) is 0.130. The summed E-state index contributed by atoms with van der Waals surface area (Å²) in [6, 6.07) is 16.7. The number of para-hydroxylation sites is 1. The van der Waals surface area contributed by atoms with E-state index in [0.717, 1.165) is 22.6 Å². The summed E-state index contributed by atoms with van der Waals surface area (Å²) in [5.41, 5.74) is 10.1. The molecule has 2 amide bonds. The van der Waals surface area contributed by atoms with Crippen LogP contribution in [0.4, 0.5) is 5.69 Å². The number of carbonyl (C=O) groups excluding carboxylic acids is 2. The average Bonchev–Trinajstić information content (AvgIpc) is 3.00. The first-order valence-corrected chi connectivity index (χ1v) is 9.12. The first-order valence-electron chi connectivity index (χ1n) is 9.12. The zero-order valence-electron chi connectivity index (χ0n) is 16.6. The highest BCUT2D eigenvalue weighted by molar-refractivity contribution is 6.04. The lowest BCUT2D eigenvalue weighted by Gasteiger charge is -2.10. The second-order valence-electron chi connectivity index (χ2n) is 6.60. The molecule has 29 heavy (non-hydrogen) atoms. The van der Waals surface area contributed by atoms with Crippen LogP contribution in [-0.4, -0.2) is 23.5 Å². The fourth-order valence-corrected chi connectivity index (χ4v) is 3.23. The number of anilines is 1. The van der Waals surface area contributed by atoms with Crippen LogP contribution in [-0.2, 0) is 4.79 Å². The topological polar surface area (TPSA) is 86.3 Å². The number of nitrogens with zero attached hydrogens (tertiary/aromatic N) is 1. The van der Waals surface area contributed by atoms with Crippen molar-refractivity contribution < 1.29 is 14.3 Å². The predicted octanol–water partition coefficient (Wildman–Crippen LogP) is 3.85. The van der Waals surface area contributed by atoms with Crippen LogP contribution in [0.5, 0.6) is 5.75 Å². The number of rotatable bonds is 6. The van der Waals surface area contributed by atoms with E-state index in [-0.39, 0.29) is 11.5 Å². The minimum absolute atomic E-state index is 0.288. The van der Waals surface area contributed by atoms with E-state index in [1.807, 2.05) is 50.2 Å². The van der Waals surface area contributed by atoms with Crippen molar-refractivity contribution in [3.63, 3.8) is 0 Å². The molecule has 0 aliphatic carbocycles. The molecule has 0 unspecified atom stereocenters. The molecular formula is C23H23N3O3. The minimum atomic E-state index is -0.577. The van der Waals surface area contributed by atoms with Gasteiger partial charge in [0.15, 0.2) is 0 Å². The highest BCUT2D eigenvalue weighted by Crippen LogP contribution is 2.26. The molecule has 0 spiro atoms. The van der Waals surface area contributed by atoms with Crippen LogP contribution < -0.4 is 15.8 Å². The smallest absolute Gasteiger partial charge is 0.248 e. The zero-order chi connectivity index (χ0) is 21.0. The lowest BCUT2D eigenvalue weighted by atomic mass is 10.1. The van der Waals surface area contributed by atoms with Crippen LogP contribution in [0.3, 0.4) is 0 Å². The van der Waals surface area contributed by atoms with Crippen molar-refractivity contribution >= 4 is 23.6 Å². The Balaban J connectivity index is 1.82. The molecule has 3 N–H and O–H groups in total. The molecule has 1 heterocycles. The number of nitrogens with one attached hydrogen (secondary N) is 1. The molecule has 0 radical (unpaired) electrons. The van der Waals surface area contributed by atoms with Gasteiger partial charge in [0.25, 0.3) is 0 Å². The van der Waals surface area contributed by atoms with E-state index in [2.05, 4.69) is 9.88 Å². The maximum atomic E-state index is 12.4. The average molecular weight is 389 g/mol. The lowest BCUT2D eigenvalue weighted by molar-refractivity contribution is -0.111. The summed E-state index contributed by atoms with van der Waals surface area (Å²) in [4.78, 5) is 23.8. The van der Waals surface area contributed by atoms with Gasteiger partial charge in [-0.15, -0.1) is 0 Å². The van der Waals surface area contributed by atoms with Crippen molar-refractivity contribution in [2.24, 2.45) is 5.73 Å². The second-order valence-corrected chi connectivity index (χ2v) is 6.60. The number of primary amides is 1. The van der Waals surface area contributed by atoms with Gasteiger partial charge in [0.05, 0.1) is 12.8 Å². The van der Waals surface area contributed by atoms with Crippen LogP contribution in [0.2, 0.25) is 0 Å². The number of aryl methyl sites for hydroxylation is 1. The van der Waals surface area contributed by atoms with Crippen LogP contribution in [0.1, 0.15) is 27.3 Å². The Morgan fingerprint density at radius 2 is 1.79 bits per heavy atom. The summed E-state index contributed by atoms with van der Waals surface area (Å²) in [5, 5.41) is 2.73. The Hall–Kier alpha value is -3.80. The fourth-order valence-electron chi connectivity index (χ4n) is 3.23. The molecule has 0 atom stereocenters. The number of amides is 2. The predicted molar refractivity (Wildman–Crippen MR) is 114 cm³/mol. The van der Waals surface area contributed by atoms with Crippen LogP contribution in [0.25, 0.3) is 11.8 Å². The van der Waals surface area contributed by atoms with Crippen molar-refractivity contribution in [1.82, 2.24) is 4.57 Å². The van der Waals surface area contributed by atoms with Crippen molar-refractivity contribution in [3.8, 4) is 11.4 Å². The van der Waals surface area contributed by atoms with E-state index in [0.29, 0.717) is 11.4 Å². The number of hydrogen-bond acceptors (Lipinski definition) is 3. The van der Waals surface area contributed by atoms with Crippen LogP contribution >= 0.6 is 0 Å². The summed E-state index contributed by atoms with van der Waals surface area (Å²) in [6.07, 6.45) is 3.22. The van der Waals surface area contributed by atoms with Crippen molar-refractivity contribution in [3.05, 3.63) is 83.2 Å². The largest absolute Gasteiger partial charge is 0.495 e. The maximum absolute atomic E-state index is 12.4. The Kier molecular flexibility index (Phi) is 5.83. The maximum Gasteiger partial charge on any atom is 0.248 e. The van der Waals surface area contributed by atoms with Gasteiger partial charge in [-0.05, 0) is 61.9 Å². The van der Waals surface area contributed by atoms with Gasteiger partial charge in [-0.25, -0.2) is 0 Å². The number of methoxy groups -OCH3 is 1. The van der Waals surface area contributed by atoms with Gasteiger partial charge in [-0.3, -0.25) is 9.59 Å². The molecule has 2 aromatic carbocycles. The van der Waals surface area contributed by atoms with Gasteiger partial charge in [-0.1, -0.05) is 18.2 Å². The minimum Gasteiger partial charge on any atom is -0.495 e. The van der Waals surface area contributed by atoms with E-state index < -0.39 is 5.91 Å². The van der Waals surface area contributed by atoms with Gasteiger partial charge in [0.2, 0.25) is 11.8 Å². The summed E-state index contributed by atoms with van der Waals surface area (Å²) in [7, 11) is 1.49.